The van der Waals surface area contributed by atoms with Crippen molar-refractivity contribution in [3.05, 3.63) is 93.8 Å². The van der Waals surface area contributed by atoms with Gasteiger partial charge in [0.25, 0.3) is 5.91 Å². The number of carbonyl (C=O) groups excluding carboxylic acids is 1. The van der Waals surface area contributed by atoms with Gasteiger partial charge in [-0.1, -0.05) is 47.7 Å². The lowest BCUT2D eigenvalue weighted by molar-refractivity contribution is 0.0971. The lowest BCUT2D eigenvalue weighted by atomic mass is 9.97. The Balaban J connectivity index is 1.68. The van der Waals surface area contributed by atoms with Gasteiger partial charge in [0.2, 0.25) is 5.76 Å². The van der Waals surface area contributed by atoms with E-state index in [-0.39, 0.29) is 16.8 Å². The fourth-order valence-electron chi connectivity index (χ4n) is 4.50. The van der Waals surface area contributed by atoms with E-state index in [1.54, 1.807) is 43.5 Å². The van der Waals surface area contributed by atoms with Gasteiger partial charge >= 0.3 is 0 Å². The summed E-state index contributed by atoms with van der Waals surface area (Å²) >= 11 is 1.38. The molecule has 1 unspecified atom stereocenters. The lowest BCUT2D eigenvalue weighted by Gasteiger charge is -2.24. The molecule has 168 valence electrons. The highest BCUT2D eigenvalue weighted by atomic mass is 32.1. The van der Waals surface area contributed by atoms with Gasteiger partial charge in [0.1, 0.15) is 11.6 Å². The smallest absolute Gasteiger partial charge is 0.297 e. The number of methoxy groups -OCH3 is 2. The Kier molecular flexibility index (Phi) is 4.63. The minimum absolute atomic E-state index is 0.0119. The third-order valence-corrected chi connectivity index (χ3v) is 7.03. The SMILES string of the molecule is COc1cccc(C2c3c(oc4ccccc4c3=O)C(=O)N2c2nc3ccccc3s2)c1OC. The molecule has 1 atom stereocenters. The number of thiazole rings is 1. The van der Waals surface area contributed by atoms with Crippen LogP contribution in [0.15, 0.2) is 75.9 Å². The summed E-state index contributed by atoms with van der Waals surface area (Å²) in [7, 11) is 3.08. The molecule has 0 fully saturated rings. The number of para-hydroxylation sites is 3. The first kappa shape index (κ1) is 20.4. The zero-order valence-electron chi connectivity index (χ0n) is 18.3. The van der Waals surface area contributed by atoms with Crippen molar-refractivity contribution in [2.45, 2.75) is 6.04 Å². The van der Waals surface area contributed by atoms with Crippen LogP contribution in [0.3, 0.4) is 0 Å². The first-order chi connectivity index (χ1) is 16.6. The summed E-state index contributed by atoms with van der Waals surface area (Å²) in [5, 5.41) is 0.878. The summed E-state index contributed by atoms with van der Waals surface area (Å²) in [6, 6.07) is 19.2. The van der Waals surface area contributed by atoms with Crippen LogP contribution >= 0.6 is 11.3 Å². The van der Waals surface area contributed by atoms with E-state index in [0.717, 1.165) is 10.2 Å². The number of nitrogens with zero attached hydrogens (tertiary/aromatic N) is 2. The molecule has 0 N–H and O–H groups in total. The average Bonchev–Trinajstić information content (AvgIpc) is 3.42. The molecule has 1 amide bonds. The van der Waals surface area contributed by atoms with Gasteiger partial charge in [-0.05, 0) is 30.3 Å². The van der Waals surface area contributed by atoms with Crippen molar-refractivity contribution in [2.75, 3.05) is 19.1 Å². The first-order valence-corrected chi connectivity index (χ1v) is 11.4. The lowest BCUT2D eigenvalue weighted by Crippen LogP contribution is -2.29. The van der Waals surface area contributed by atoms with Crippen molar-refractivity contribution in [1.29, 1.82) is 0 Å². The number of carbonyl (C=O) groups is 1. The highest BCUT2D eigenvalue weighted by molar-refractivity contribution is 7.22. The number of ether oxygens (including phenoxy) is 2. The van der Waals surface area contributed by atoms with Gasteiger partial charge < -0.3 is 13.9 Å². The van der Waals surface area contributed by atoms with Gasteiger partial charge in [0.15, 0.2) is 22.1 Å². The van der Waals surface area contributed by atoms with E-state index in [9.17, 15) is 9.59 Å². The van der Waals surface area contributed by atoms with Crippen molar-refractivity contribution in [3.8, 4) is 11.5 Å². The molecular formula is C26H18N2O5S. The molecule has 3 heterocycles. The number of hydrogen-bond acceptors (Lipinski definition) is 7. The molecule has 0 saturated carbocycles. The molecule has 1 aliphatic heterocycles. The van der Waals surface area contributed by atoms with E-state index in [4.69, 9.17) is 18.9 Å². The number of anilines is 1. The van der Waals surface area contributed by atoms with Crippen molar-refractivity contribution >= 4 is 43.6 Å². The summed E-state index contributed by atoms with van der Waals surface area (Å²) in [6.45, 7) is 0. The van der Waals surface area contributed by atoms with Crippen LogP contribution in [0.2, 0.25) is 0 Å². The molecule has 7 nitrogen and oxygen atoms in total. The second-order valence-electron chi connectivity index (χ2n) is 7.79. The molecule has 5 aromatic rings. The maximum absolute atomic E-state index is 13.8. The topological polar surface area (TPSA) is 81.9 Å². The van der Waals surface area contributed by atoms with Crippen LogP contribution in [0.5, 0.6) is 11.5 Å². The number of hydrogen-bond donors (Lipinski definition) is 0. The standard InChI is InChI=1S/C26H18N2O5S/c1-31-18-12-7-9-15(23(18)32-2)21-20-22(29)14-8-3-5-11-17(14)33-24(20)25(30)28(21)26-27-16-10-4-6-13-19(16)34-26/h3-13,21H,1-2H3. The molecular weight excluding hydrogens is 452 g/mol. The fourth-order valence-corrected chi connectivity index (χ4v) is 5.49. The maximum atomic E-state index is 13.8. The van der Waals surface area contributed by atoms with Crippen LogP contribution in [0.1, 0.15) is 27.7 Å². The van der Waals surface area contributed by atoms with Crippen LogP contribution in [0.4, 0.5) is 5.13 Å². The van der Waals surface area contributed by atoms with E-state index in [0.29, 0.717) is 33.2 Å². The number of rotatable bonds is 4. The summed E-state index contributed by atoms with van der Waals surface area (Å²) in [5.74, 6) is 0.522. The summed E-state index contributed by atoms with van der Waals surface area (Å²) in [6.07, 6.45) is 0. The Morgan fingerprint density at radius 2 is 1.74 bits per heavy atom. The largest absolute Gasteiger partial charge is 0.493 e. The normalized spacial score (nSPS) is 15.2. The Labute approximate surface area is 197 Å². The van der Waals surface area contributed by atoms with Gasteiger partial charge in [-0.3, -0.25) is 14.5 Å². The molecule has 0 saturated heterocycles. The van der Waals surface area contributed by atoms with Crippen molar-refractivity contribution in [3.63, 3.8) is 0 Å². The highest BCUT2D eigenvalue weighted by Gasteiger charge is 2.46. The van der Waals surface area contributed by atoms with Crippen LogP contribution in [0.25, 0.3) is 21.2 Å². The molecule has 0 radical (unpaired) electrons. The van der Waals surface area contributed by atoms with E-state index in [1.165, 1.54) is 23.3 Å². The van der Waals surface area contributed by atoms with Crippen LogP contribution in [0, 0.1) is 0 Å². The van der Waals surface area contributed by atoms with E-state index < -0.39 is 11.9 Å². The van der Waals surface area contributed by atoms with E-state index in [1.807, 2.05) is 30.3 Å². The zero-order chi connectivity index (χ0) is 23.4. The second-order valence-corrected chi connectivity index (χ2v) is 8.80. The van der Waals surface area contributed by atoms with Gasteiger partial charge in [0.05, 0.1) is 35.4 Å². The molecule has 3 aromatic carbocycles. The summed E-state index contributed by atoms with van der Waals surface area (Å²) in [4.78, 5) is 33.8. The van der Waals surface area contributed by atoms with Crippen molar-refractivity contribution in [1.82, 2.24) is 4.98 Å². The molecule has 1 aliphatic rings. The molecule has 34 heavy (non-hydrogen) atoms. The fraction of sp³-hybridized carbons (Fsp3) is 0.115. The van der Waals surface area contributed by atoms with E-state index in [2.05, 4.69) is 0 Å². The Hall–Kier alpha value is -4.17. The Bertz CT molecular complexity index is 1620. The number of fused-ring (bicyclic) bond motifs is 3. The number of benzene rings is 3. The Morgan fingerprint density at radius 3 is 2.53 bits per heavy atom. The second kappa shape index (κ2) is 7.71. The third kappa shape index (κ3) is 2.85. The quantitative estimate of drug-likeness (QED) is 0.360. The van der Waals surface area contributed by atoms with E-state index >= 15 is 0 Å². The molecule has 6 rings (SSSR count). The predicted octanol–water partition coefficient (Wildman–Crippen LogP) is 5.17. The molecule has 8 heteroatoms. The highest BCUT2D eigenvalue weighted by Crippen LogP contribution is 2.47. The number of aromatic nitrogens is 1. The van der Waals surface area contributed by atoms with Crippen LogP contribution in [-0.4, -0.2) is 25.1 Å². The average molecular weight is 471 g/mol. The summed E-state index contributed by atoms with van der Waals surface area (Å²) < 4.78 is 18.1. The van der Waals surface area contributed by atoms with Gasteiger partial charge in [-0.25, -0.2) is 4.98 Å². The summed E-state index contributed by atoms with van der Waals surface area (Å²) in [5.41, 5.74) is 1.74. The minimum Gasteiger partial charge on any atom is -0.493 e. The monoisotopic (exact) mass is 470 g/mol. The molecule has 0 spiro atoms. The first-order valence-electron chi connectivity index (χ1n) is 10.6. The van der Waals surface area contributed by atoms with Gasteiger partial charge in [0, 0.05) is 5.56 Å². The van der Waals surface area contributed by atoms with Gasteiger partial charge in [-0.15, -0.1) is 0 Å². The molecule has 0 bridgehead atoms. The van der Waals surface area contributed by atoms with Crippen LogP contribution in [-0.2, 0) is 0 Å². The van der Waals surface area contributed by atoms with Gasteiger partial charge in [-0.2, -0.15) is 0 Å². The van der Waals surface area contributed by atoms with Crippen molar-refractivity contribution in [2.24, 2.45) is 0 Å². The molecule has 2 aromatic heterocycles. The minimum atomic E-state index is -0.797. The van der Waals surface area contributed by atoms with Crippen molar-refractivity contribution < 1.29 is 18.7 Å². The zero-order valence-corrected chi connectivity index (χ0v) is 19.1. The Morgan fingerprint density at radius 1 is 0.941 bits per heavy atom. The van der Waals surface area contributed by atoms with Crippen LogP contribution < -0.4 is 19.8 Å². The predicted molar refractivity (Wildman–Crippen MR) is 130 cm³/mol. The molecule has 0 aliphatic carbocycles. The maximum Gasteiger partial charge on any atom is 0.297 e. The number of amides is 1. The third-order valence-electron chi connectivity index (χ3n) is 5.99.